The van der Waals surface area contributed by atoms with Gasteiger partial charge in [-0.25, -0.2) is 0 Å². The van der Waals surface area contributed by atoms with Crippen molar-refractivity contribution in [1.82, 2.24) is 0 Å². The van der Waals surface area contributed by atoms with E-state index in [1.807, 2.05) is 31.2 Å². The van der Waals surface area contributed by atoms with Crippen LogP contribution in [0.3, 0.4) is 0 Å². The standard InChI is InChI=1S/C22H23NO5/c1-15-5-3-6-18(11-15)27-10-4-7-22(26)28-14-20(24)16-8-9-19-17(12-16)13-21(25)23(19)2/h3,5-6,8-9,11-12H,4,7,10,13-14H2,1-2H3. The number of Topliss-reactive ketones (excluding diaryl/α,β-unsaturated/α-hetero) is 1. The molecule has 0 radical (unpaired) electrons. The highest BCUT2D eigenvalue weighted by atomic mass is 16.5. The monoisotopic (exact) mass is 381 g/mol. The number of amides is 1. The maximum absolute atomic E-state index is 12.3. The first-order valence-corrected chi connectivity index (χ1v) is 9.22. The predicted octanol–water partition coefficient (Wildman–Crippen LogP) is 3.10. The number of fused-ring (bicyclic) bond motifs is 1. The molecule has 0 saturated heterocycles. The molecule has 6 heteroatoms. The Morgan fingerprint density at radius 1 is 1.14 bits per heavy atom. The lowest BCUT2D eigenvalue weighted by Gasteiger charge is -2.10. The molecule has 0 N–H and O–H groups in total. The van der Waals surface area contributed by atoms with Crippen LogP contribution in [0.5, 0.6) is 5.75 Å². The summed E-state index contributed by atoms with van der Waals surface area (Å²) < 4.78 is 10.7. The molecule has 146 valence electrons. The Labute approximate surface area is 164 Å². The zero-order valence-corrected chi connectivity index (χ0v) is 16.1. The number of anilines is 1. The van der Waals surface area contributed by atoms with Gasteiger partial charge in [-0.1, -0.05) is 12.1 Å². The van der Waals surface area contributed by atoms with Crippen LogP contribution in [0.2, 0.25) is 0 Å². The van der Waals surface area contributed by atoms with E-state index in [2.05, 4.69) is 0 Å². The van der Waals surface area contributed by atoms with E-state index in [1.165, 1.54) is 0 Å². The molecule has 6 nitrogen and oxygen atoms in total. The Hall–Kier alpha value is -3.15. The number of carbonyl (C=O) groups excluding carboxylic acids is 3. The van der Waals surface area contributed by atoms with Crippen LogP contribution in [0.15, 0.2) is 42.5 Å². The van der Waals surface area contributed by atoms with E-state index in [1.54, 1.807) is 30.1 Å². The Bertz CT molecular complexity index is 906. The smallest absolute Gasteiger partial charge is 0.306 e. The van der Waals surface area contributed by atoms with E-state index >= 15 is 0 Å². The number of ether oxygens (including phenoxy) is 2. The number of ketones is 1. The zero-order chi connectivity index (χ0) is 20.1. The van der Waals surface area contributed by atoms with Crippen LogP contribution in [0.1, 0.15) is 34.3 Å². The van der Waals surface area contributed by atoms with Crippen molar-refractivity contribution in [2.75, 3.05) is 25.2 Å². The Kier molecular flexibility index (Phi) is 6.09. The van der Waals surface area contributed by atoms with E-state index in [4.69, 9.17) is 9.47 Å². The molecule has 0 bridgehead atoms. The quantitative estimate of drug-likeness (QED) is 0.399. The SMILES string of the molecule is Cc1cccc(OCCCC(=O)OCC(=O)c2ccc3c(c2)CC(=O)N3C)c1. The minimum Gasteiger partial charge on any atom is -0.494 e. The van der Waals surface area contributed by atoms with Gasteiger partial charge in [0, 0.05) is 24.7 Å². The fourth-order valence-electron chi connectivity index (χ4n) is 3.06. The van der Waals surface area contributed by atoms with Gasteiger partial charge in [0.1, 0.15) is 5.75 Å². The highest BCUT2D eigenvalue weighted by Gasteiger charge is 2.24. The number of rotatable bonds is 8. The van der Waals surface area contributed by atoms with Gasteiger partial charge in [0.2, 0.25) is 5.91 Å². The Balaban J connectivity index is 1.40. The van der Waals surface area contributed by atoms with Gasteiger partial charge in [-0.15, -0.1) is 0 Å². The normalized spacial score (nSPS) is 12.6. The Morgan fingerprint density at radius 3 is 2.75 bits per heavy atom. The summed E-state index contributed by atoms with van der Waals surface area (Å²) in [6.07, 6.45) is 0.977. The molecular formula is C22H23NO5. The minimum atomic E-state index is -0.433. The molecule has 0 atom stereocenters. The summed E-state index contributed by atoms with van der Waals surface area (Å²) in [5.41, 5.74) is 3.18. The summed E-state index contributed by atoms with van der Waals surface area (Å²) in [5, 5.41) is 0. The number of benzene rings is 2. The van der Waals surface area contributed by atoms with Crippen molar-refractivity contribution in [2.24, 2.45) is 0 Å². The van der Waals surface area contributed by atoms with Gasteiger partial charge >= 0.3 is 5.97 Å². The molecule has 3 rings (SSSR count). The molecule has 1 aliphatic rings. The summed E-state index contributed by atoms with van der Waals surface area (Å²) in [6.45, 7) is 2.08. The van der Waals surface area contributed by atoms with Gasteiger partial charge in [-0.3, -0.25) is 14.4 Å². The van der Waals surface area contributed by atoms with E-state index in [9.17, 15) is 14.4 Å². The number of esters is 1. The van der Waals surface area contributed by atoms with Crippen molar-refractivity contribution in [3.63, 3.8) is 0 Å². The van der Waals surface area contributed by atoms with E-state index < -0.39 is 5.97 Å². The molecule has 1 aliphatic heterocycles. The second-order valence-electron chi connectivity index (χ2n) is 6.83. The van der Waals surface area contributed by atoms with Crippen LogP contribution in [0.4, 0.5) is 5.69 Å². The fourth-order valence-corrected chi connectivity index (χ4v) is 3.06. The molecule has 28 heavy (non-hydrogen) atoms. The van der Waals surface area contributed by atoms with Gasteiger partial charge in [0.15, 0.2) is 12.4 Å². The first kappa shape index (κ1) is 19.6. The summed E-state index contributed by atoms with van der Waals surface area (Å²) in [7, 11) is 1.71. The number of carbonyl (C=O) groups is 3. The lowest BCUT2D eigenvalue weighted by atomic mass is 10.1. The summed E-state index contributed by atoms with van der Waals surface area (Å²) >= 11 is 0. The molecule has 0 aromatic heterocycles. The van der Waals surface area contributed by atoms with Gasteiger partial charge in [0.05, 0.1) is 13.0 Å². The molecule has 1 heterocycles. The first-order valence-electron chi connectivity index (χ1n) is 9.22. The maximum atomic E-state index is 12.3. The van der Waals surface area contributed by atoms with Crippen LogP contribution < -0.4 is 9.64 Å². The third-order valence-electron chi connectivity index (χ3n) is 4.63. The van der Waals surface area contributed by atoms with Crippen molar-refractivity contribution in [3.8, 4) is 5.75 Å². The molecule has 0 unspecified atom stereocenters. The van der Waals surface area contributed by atoms with Crippen molar-refractivity contribution < 1.29 is 23.9 Å². The zero-order valence-electron chi connectivity index (χ0n) is 16.1. The second-order valence-corrected chi connectivity index (χ2v) is 6.83. The summed E-state index contributed by atoms with van der Waals surface area (Å²) in [5.74, 6) is 0.0506. The number of aryl methyl sites for hydroxylation is 1. The van der Waals surface area contributed by atoms with E-state index in [0.29, 0.717) is 18.6 Å². The number of likely N-dealkylation sites (N-methyl/N-ethyl adjacent to an activating group) is 1. The predicted molar refractivity (Wildman–Crippen MR) is 105 cm³/mol. The van der Waals surface area contributed by atoms with Crippen molar-refractivity contribution in [3.05, 3.63) is 59.2 Å². The van der Waals surface area contributed by atoms with Crippen molar-refractivity contribution >= 4 is 23.3 Å². The van der Waals surface area contributed by atoms with Gasteiger partial charge in [0.25, 0.3) is 0 Å². The lowest BCUT2D eigenvalue weighted by molar-refractivity contribution is -0.142. The second kappa shape index (κ2) is 8.69. The molecule has 0 spiro atoms. The third kappa shape index (κ3) is 4.76. The molecule has 0 fully saturated rings. The average Bonchev–Trinajstić information content (AvgIpc) is 2.96. The first-order chi connectivity index (χ1) is 13.4. The Morgan fingerprint density at radius 2 is 1.96 bits per heavy atom. The minimum absolute atomic E-state index is 0.00101. The van der Waals surface area contributed by atoms with Crippen molar-refractivity contribution in [1.29, 1.82) is 0 Å². The van der Waals surface area contributed by atoms with Gasteiger partial charge in [-0.2, -0.15) is 0 Å². The number of nitrogens with zero attached hydrogens (tertiary/aromatic N) is 1. The van der Waals surface area contributed by atoms with Gasteiger partial charge in [-0.05, 0) is 54.8 Å². The summed E-state index contributed by atoms with van der Waals surface area (Å²) in [6, 6.07) is 12.8. The molecule has 2 aromatic rings. The van der Waals surface area contributed by atoms with Crippen LogP contribution in [0.25, 0.3) is 0 Å². The highest BCUT2D eigenvalue weighted by Crippen LogP contribution is 2.28. The number of hydrogen-bond donors (Lipinski definition) is 0. The van der Waals surface area contributed by atoms with E-state index in [0.717, 1.165) is 22.6 Å². The molecule has 0 aliphatic carbocycles. The van der Waals surface area contributed by atoms with Crippen LogP contribution in [-0.4, -0.2) is 37.9 Å². The largest absolute Gasteiger partial charge is 0.494 e. The van der Waals surface area contributed by atoms with Gasteiger partial charge < -0.3 is 14.4 Å². The maximum Gasteiger partial charge on any atom is 0.306 e. The molecular weight excluding hydrogens is 358 g/mol. The van der Waals surface area contributed by atoms with Crippen molar-refractivity contribution in [2.45, 2.75) is 26.2 Å². The number of hydrogen-bond acceptors (Lipinski definition) is 5. The highest BCUT2D eigenvalue weighted by molar-refractivity contribution is 6.03. The molecule has 2 aromatic carbocycles. The lowest BCUT2D eigenvalue weighted by Crippen LogP contribution is -2.20. The fraction of sp³-hybridized carbons (Fsp3) is 0.318. The molecule has 0 saturated carbocycles. The topological polar surface area (TPSA) is 72.9 Å². The average molecular weight is 381 g/mol. The van der Waals surface area contributed by atoms with Crippen LogP contribution in [-0.2, 0) is 20.7 Å². The summed E-state index contributed by atoms with van der Waals surface area (Å²) in [4.78, 5) is 37.4. The van der Waals surface area contributed by atoms with Crippen LogP contribution >= 0.6 is 0 Å². The molecule has 1 amide bonds. The van der Waals surface area contributed by atoms with E-state index in [-0.39, 0.29) is 31.1 Å². The van der Waals surface area contributed by atoms with Crippen LogP contribution in [0, 0.1) is 6.92 Å². The third-order valence-corrected chi connectivity index (χ3v) is 4.63.